The molecule has 0 aromatic heterocycles. The number of phenolic OH excluding ortho intramolecular Hbond substituents is 1. The van der Waals surface area contributed by atoms with Gasteiger partial charge in [-0.25, -0.2) is 4.79 Å². The summed E-state index contributed by atoms with van der Waals surface area (Å²) in [6.45, 7) is 33.0. The maximum atomic E-state index is 11.5. The Morgan fingerprint density at radius 2 is 0.903 bits per heavy atom. The van der Waals surface area contributed by atoms with Crippen LogP contribution in [0.1, 0.15) is 117 Å². The Morgan fingerprint density at radius 3 is 1.34 bits per heavy atom. The molecule has 0 spiro atoms. The van der Waals surface area contributed by atoms with Gasteiger partial charge in [0.2, 0.25) is 0 Å². The number of carbonyl (C=O) groups excluding carboxylic acids is 2. The van der Waals surface area contributed by atoms with Gasteiger partial charge in [-0.1, -0.05) is 31.2 Å². The molecule has 2 heterocycles. The van der Waals surface area contributed by atoms with E-state index in [1.165, 1.54) is 0 Å². The van der Waals surface area contributed by atoms with Crippen LogP contribution in [0.2, 0.25) is 0 Å². The van der Waals surface area contributed by atoms with Crippen LogP contribution in [-0.2, 0) is 56.6 Å². The average molecular weight is 875 g/mol. The molecule has 0 unspecified atom stereocenters. The van der Waals surface area contributed by atoms with Gasteiger partial charge in [-0.2, -0.15) is 0 Å². The second kappa shape index (κ2) is 24.7. The van der Waals surface area contributed by atoms with Crippen LogP contribution < -0.4 is 15.7 Å². The fourth-order valence-electron chi connectivity index (χ4n) is 5.29. The maximum Gasteiger partial charge on any atom is 0.494 e. The number of rotatable bonds is 19. The Bertz CT molecular complexity index is 1570. The molecule has 62 heavy (non-hydrogen) atoms. The molecule has 4 rings (SSSR count). The van der Waals surface area contributed by atoms with Gasteiger partial charge in [0.05, 0.1) is 68.5 Å². The van der Waals surface area contributed by atoms with Gasteiger partial charge in [-0.3, -0.25) is 4.79 Å². The highest BCUT2D eigenvalue weighted by Crippen LogP contribution is 2.37. The molecule has 0 bridgehead atoms. The number of ether oxygens (including phenoxy) is 7. The zero-order valence-electron chi connectivity index (χ0n) is 40.3. The summed E-state index contributed by atoms with van der Waals surface area (Å²) in [5.41, 5.74) is -0.402. The fraction of sp³-hybridized carbons (Fsp3) is 0.696. The first-order valence-electron chi connectivity index (χ1n) is 21.6. The van der Waals surface area contributed by atoms with E-state index in [2.05, 4.69) is 6.92 Å². The van der Waals surface area contributed by atoms with Crippen molar-refractivity contribution in [2.24, 2.45) is 0 Å². The lowest BCUT2D eigenvalue weighted by molar-refractivity contribution is -0.160. The first-order chi connectivity index (χ1) is 28.7. The lowest BCUT2D eigenvalue weighted by Crippen LogP contribution is -2.41. The van der Waals surface area contributed by atoms with Crippen molar-refractivity contribution in [2.45, 2.75) is 150 Å². The minimum atomic E-state index is -0.503. The van der Waals surface area contributed by atoms with E-state index in [1.807, 2.05) is 133 Å². The SMILES string of the molecule is CC(C)(C)OC(=O)COCCOCCOc1ccc(B2OC(C)(C)C(C)(C)O2)cc1.CC1(C)OB(c2ccc(O)cc2)OC1(C)C.CCCOCCOCCC(=O)OC(C)(C)C. The molecule has 0 amide bonds. The molecule has 14 nitrogen and oxygen atoms in total. The Balaban J connectivity index is 0.000000350. The van der Waals surface area contributed by atoms with Gasteiger partial charge in [0.1, 0.15) is 35.9 Å². The summed E-state index contributed by atoms with van der Waals surface area (Å²) in [6.07, 6.45) is 1.31. The third-order valence-corrected chi connectivity index (χ3v) is 9.92. The molecule has 1 N–H and O–H groups in total. The van der Waals surface area contributed by atoms with Gasteiger partial charge < -0.3 is 56.9 Å². The molecule has 0 atom stereocenters. The lowest BCUT2D eigenvalue weighted by atomic mass is 9.79. The van der Waals surface area contributed by atoms with E-state index < -0.39 is 11.2 Å². The van der Waals surface area contributed by atoms with Crippen molar-refractivity contribution in [1.82, 2.24) is 0 Å². The third kappa shape index (κ3) is 20.5. The largest absolute Gasteiger partial charge is 0.508 e. The summed E-state index contributed by atoms with van der Waals surface area (Å²) in [6, 6.07) is 14.6. The van der Waals surface area contributed by atoms with Gasteiger partial charge in [-0.05, 0) is 139 Å². The van der Waals surface area contributed by atoms with E-state index in [4.69, 9.17) is 51.8 Å². The normalized spacial score (nSPS) is 17.3. The van der Waals surface area contributed by atoms with E-state index in [0.717, 1.165) is 29.7 Å². The summed E-state index contributed by atoms with van der Waals surface area (Å²) in [4.78, 5) is 22.8. The molecule has 16 heteroatoms. The molecule has 0 saturated carbocycles. The number of aromatic hydroxyl groups is 1. The topological polar surface area (TPSA) is 156 Å². The molecule has 2 aromatic carbocycles. The molecule has 2 aromatic rings. The van der Waals surface area contributed by atoms with Crippen LogP contribution in [0.4, 0.5) is 0 Å². The second-order valence-electron chi connectivity index (χ2n) is 19.0. The zero-order valence-corrected chi connectivity index (χ0v) is 40.3. The number of phenols is 1. The van der Waals surface area contributed by atoms with Crippen LogP contribution in [0.15, 0.2) is 48.5 Å². The fourth-order valence-corrected chi connectivity index (χ4v) is 5.29. The Hall–Kier alpha value is -3.21. The Kier molecular flexibility index (Phi) is 21.9. The van der Waals surface area contributed by atoms with Gasteiger partial charge in [-0.15, -0.1) is 0 Å². The quantitative estimate of drug-likeness (QED) is 0.0916. The van der Waals surface area contributed by atoms with Crippen molar-refractivity contribution < 1.29 is 66.5 Å². The second-order valence-corrected chi connectivity index (χ2v) is 19.0. The van der Waals surface area contributed by atoms with Gasteiger partial charge in [0.25, 0.3) is 0 Å². The van der Waals surface area contributed by atoms with E-state index >= 15 is 0 Å². The monoisotopic (exact) mass is 875 g/mol. The standard InChI is InChI=1S/C22H35BO7.C12H17BO3.C12H24O4/c1-20(2,3)28-19(24)16-26-13-12-25-14-15-27-18-10-8-17(9-11-18)23-29-21(4,5)22(6,7)30-23;1-11(2)12(3,4)16-13(15-11)9-5-7-10(14)8-6-9;1-5-7-14-9-10-15-8-6-11(13)16-12(2,3)4/h8-11H,12-16H2,1-7H3;5-8,14H,1-4H3;5-10H2,1-4H3. The minimum absolute atomic E-state index is 0.0771. The van der Waals surface area contributed by atoms with Crippen molar-refractivity contribution in [2.75, 3.05) is 59.5 Å². The van der Waals surface area contributed by atoms with Crippen molar-refractivity contribution in [3.05, 3.63) is 48.5 Å². The predicted octanol–water partition coefficient (Wildman–Crippen LogP) is 6.59. The summed E-state index contributed by atoms with van der Waals surface area (Å²) in [5, 5.41) is 9.22. The summed E-state index contributed by atoms with van der Waals surface area (Å²) >= 11 is 0. The van der Waals surface area contributed by atoms with Crippen LogP contribution in [0, 0.1) is 0 Å². The van der Waals surface area contributed by atoms with Crippen LogP contribution in [0.3, 0.4) is 0 Å². The molecule has 2 aliphatic heterocycles. The molecular formula is C46H76B2O14. The highest BCUT2D eigenvalue weighted by molar-refractivity contribution is 6.62. The minimum Gasteiger partial charge on any atom is -0.508 e. The van der Waals surface area contributed by atoms with Crippen LogP contribution in [-0.4, -0.2) is 124 Å². The third-order valence-electron chi connectivity index (χ3n) is 9.92. The van der Waals surface area contributed by atoms with Crippen LogP contribution in [0.25, 0.3) is 0 Å². The van der Waals surface area contributed by atoms with Gasteiger partial charge >= 0.3 is 26.2 Å². The molecule has 2 saturated heterocycles. The Morgan fingerprint density at radius 1 is 0.532 bits per heavy atom. The van der Waals surface area contributed by atoms with E-state index in [-0.39, 0.29) is 60.9 Å². The van der Waals surface area contributed by atoms with E-state index in [1.54, 1.807) is 12.1 Å². The molecular weight excluding hydrogens is 798 g/mol. The zero-order chi connectivity index (χ0) is 46.8. The number of esters is 2. The lowest BCUT2D eigenvalue weighted by Gasteiger charge is -2.32. The first-order valence-corrected chi connectivity index (χ1v) is 21.6. The van der Waals surface area contributed by atoms with E-state index in [0.29, 0.717) is 52.7 Å². The maximum absolute atomic E-state index is 11.5. The predicted molar refractivity (Wildman–Crippen MR) is 241 cm³/mol. The average Bonchev–Trinajstić information content (AvgIpc) is 3.51. The van der Waals surface area contributed by atoms with Crippen LogP contribution >= 0.6 is 0 Å². The molecule has 2 fully saturated rings. The molecule has 2 aliphatic rings. The highest BCUT2D eigenvalue weighted by Gasteiger charge is 2.52. The molecule has 0 aliphatic carbocycles. The van der Waals surface area contributed by atoms with Crippen molar-refractivity contribution >= 4 is 37.1 Å². The van der Waals surface area contributed by atoms with Gasteiger partial charge in [0, 0.05) is 6.61 Å². The number of carbonyl (C=O) groups is 2. The van der Waals surface area contributed by atoms with Crippen LogP contribution in [0.5, 0.6) is 11.5 Å². The molecule has 350 valence electrons. The summed E-state index contributed by atoms with van der Waals surface area (Å²) in [7, 11) is -0.737. The smallest absolute Gasteiger partial charge is 0.494 e. The van der Waals surface area contributed by atoms with Crippen molar-refractivity contribution in [3.8, 4) is 11.5 Å². The number of benzene rings is 2. The first kappa shape index (κ1) is 54.9. The highest BCUT2D eigenvalue weighted by atomic mass is 16.7. The Labute approximate surface area is 372 Å². The number of hydrogen-bond donors (Lipinski definition) is 1. The van der Waals surface area contributed by atoms with E-state index in [9.17, 15) is 14.7 Å². The van der Waals surface area contributed by atoms with Gasteiger partial charge in [0.15, 0.2) is 0 Å². The summed E-state index contributed by atoms with van der Waals surface area (Å²) in [5.74, 6) is 0.400. The van der Waals surface area contributed by atoms with Crippen molar-refractivity contribution in [1.29, 1.82) is 0 Å². The summed E-state index contributed by atoms with van der Waals surface area (Å²) < 4.78 is 61.0. The number of hydrogen-bond acceptors (Lipinski definition) is 14. The molecule has 0 radical (unpaired) electrons. The van der Waals surface area contributed by atoms with Crippen molar-refractivity contribution in [3.63, 3.8) is 0 Å².